The molecule has 1 amide bonds. The predicted molar refractivity (Wildman–Crippen MR) is 80.4 cm³/mol. The minimum atomic E-state index is -0.0411. The Kier molecular flexibility index (Phi) is 4.08. The van der Waals surface area contributed by atoms with E-state index in [9.17, 15) is 4.79 Å². The fourth-order valence-corrected chi connectivity index (χ4v) is 4.60. The number of thiazole rings is 1. The quantitative estimate of drug-likeness (QED) is 0.930. The molecule has 5 heteroatoms. The normalized spacial score (nSPS) is 34.1. The van der Waals surface area contributed by atoms with E-state index < -0.39 is 0 Å². The van der Waals surface area contributed by atoms with Gasteiger partial charge in [0.05, 0.1) is 12.6 Å². The van der Waals surface area contributed by atoms with E-state index in [4.69, 9.17) is 0 Å². The second-order valence-corrected chi connectivity index (χ2v) is 7.11. The van der Waals surface area contributed by atoms with Crippen molar-refractivity contribution in [2.45, 2.75) is 51.2 Å². The van der Waals surface area contributed by atoms with Crippen molar-refractivity contribution in [1.29, 1.82) is 0 Å². The van der Waals surface area contributed by atoms with E-state index in [1.165, 1.54) is 12.8 Å². The van der Waals surface area contributed by atoms with Crippen LogP contribution in [0.2, 0.25) is 0 Å². The molecule has 1 aliphatic heterocycles. The summed E-state index contributed by atoms with van der Waals surface area (Å²) in [7, 11) is 1.90. The maximum absolute atomic E-state index is 12.9. The molecule has 4 nitrogen and oxygen atoms in total. The lowest BCUT2D eigenvalue weighted by atomic mass is 9.90. The highest BCUT2D eigenvalue weighted by molar-refractivity contribution is 7.09. The molecule has 1 aromatic heterocycles. The first-order chi connectivity index (χ1) is 9.70. The molecule has 1 aliphatic carbocycles. The van der Waals surface area contributed by atoms with Crippen LogP contribution in [-0.2, 0) is 11.3 Å². The lowest BCUT2D eigenvalue weighted by Crippen LogP contribution is -2.49. The molecule has 4 unspecified atom stereocenters. The summed E-state index contributed by atoms with van der Waals surface area (Å²) >= 11 is 1.64. The molecule has 0 bridgehead atoms. The molecule has 1 saturated carbocycles. The van der Waals surface area contributed by atoms with Gasteiger partial charge < -0.3 is 10.2 Å². The number of fused-ring (bicyclic) bond motifs is 1. The van der Waals surface area contributed by atoms with E-state index >= 15 is 0 Å². The third kappa shape index (κ3) is 2.49. The molecule has 1 N–H and O–H groups in total. The first-order valence-corrected chi connectivity index (χ1v) is 8.44. The summed E-state index contributed by atoms with van der Waals surface area (Å²) in [4.78, 5) is 19.4. The molecule has 3 rings (SSSR count). The molecular weight excluding hydrogens is 270 g/mol. The Morgan fingerprint density at radius 2 is 2.35 bits per heavy atom. The number of hydrogen-bond acceptors (Lipinski definition) is 4. The summed E-state index contributed by atoms with van der Waals surface area (Å²) in [6.07, 6.45) is 6.68. The van der Waals surface area contributed by atoms with E-state index in [1.54, 1.807) is 11.3 Å². The lowest BCUT2D eigenvalue weighted by Gasteiger charge is -2.31. The largest absolute Gasteiger partial charge is 0.331 e. The molecule has 2 heterocycles. The smallest absolute Gasteiger partial charge is 0.240 e. The fraction of sp³-hybridized carbons (Fsp3) is 0.733. The SMILES string of the molecule is CNC1C(=O)N(Cc2nccs2)C2CCCC2CC1C. The summed E-state index contributed by atoms with van der Waals surface area (Å²) < 4.78 is 0. The number of hydrogen-bond donors (Lipinski definition) is 1. The monoisotopic (exact) mass is 293 g/mol. The minimum absolute atomic E-state index is 0.0411. The number of amides is 1. The number of aromatic nitrogens is 1. The van der Waals surface area contributed by atoms with Crippen molar-refractivity contribution >= 4 is 17.2 Å². The minimum Gasteiger partial charge on any atom is -0.331 e. The second kappa shape index (κ2) is 5.82. The summed E-state index contributed by atoms with van der Waals surface area (Å²) in [6, 6.07) is 0.382. The van der Waals surface area contributed by atoms with Gasteiger partial charge in [-0.05, 0) is 38.1 Å². The first-order valence-electron chi connectivity index (χ1n) is 7.57. The zero-order valence-corrected chi connectivity index (χ0v) is 13.0. The van der Waals surface area contributed by atoms with Crippen LogP contribution < -0.4 is 5.32 Å². The number of nitrogens with zero attached hydrogens (tertiary/aromatic N) is 2. The maximum atomic E-state index is 12.9. The van der Waals surface area contributed by atoms with E-state index in [0.29, 0.717) is 24.4 Å². The van der Waals surface area contributed by atoms with Crippen LogP contribution in [0.3, 0.4) is 0 Å². The van der Waals surface area contributed by atoms with Gasteiger partial charge in [0.2, 0.25) is 5.91 Å². The summed E-state index contributed by atoms with van der Waals surface area (Å²) in [6.45, 7) is 2.89. The predicted octanol–water partition coefficient (Wildman–Crippen LogP) is 2.27. The summed E-state index contributed by atoms with van der Waals surface area (Å²) in [5.41, 5.74) is 0. The van der Waals surface area contributed by atoms with Gasteiger partial charge in [-0.1, -0.05) is 13.3 Å². The Morgan fingerprint density at radius 1 is 1.50 bits per heavy atom. The van der Waals surface area contributed by atoms with Crippen LogP contribution in [0.15, 0.2) is 11.6 Å². The van der Waals surface area contributed by atoms with Gasteiger partial charge in [0, 0.05) is 17.6 Å². The van der Waals surface area contributed by atoms with Crippen LogP contribution in [0.25, 0.3) is 0 Å². The van der Waals surface area contributed by atoms with Gasteiger partial charge in [-0.3, -0.25) is 4.79 Å². The molecule has 0 radical (unpaired) electrons. The van der Waals surface area contributed by atoms with Gasteiger partial charge in [-0.2, -0.15) is 0 Å². The summed E-state index contributed by atoms with van der Waals surface area (Å²) in [5.74, 6) is 1.36. The Labute approximate surface area is 124 Å². The Morgan fingerprint density at radius 3 is 3.05 bits per heavy atom. The third-order valence-corrected chi connectivity index (χ3v) is 5.68. The molecule has 110 valence electrons. The molecule has 20 heavy (non-hydrogen) atoms. The Hall–Kier alpha value is -0.940. The van der Waals surface area contributed by atoms with E-state index in [2.05, 4.69) is 22.1 Å². The topological polar surface area (TPSA) is 45.2 Å². The molecule has 2 aliphatic rings. The van der Waals surface area contributed by atoms with Gasteiger partial charge in [-0.25, -0.2) is 4.98 Å². The highest BCUT2D eigenvalue weighted by Crippen LogP contribution is 2.39. The van der Waals surface area contributed by atoms with Crippen LogP contribution in [0.1, 0.15) is 37.6 Å². The van der Waals surface area contributed by atoms with Crippen molar-refractivity contribution in [2.24, 2.45) is 11.8 Å². The second-order valence-electron chi connectivity index (χ2n) is 6.13. The molecule has 1 aromatic rings. The van der Waals surface area contributed by atoms with Crippen LogP contribution in [0.4, 0.5) is 0 Å². The van der Waals surface area contributed by atoms with Crippen LogP contribution in [0.5, 0.6) is 0 Å². The van der Waals surface area contributed by atoms with Crippen molar-refractivity contribution in [3.05, 3.63) is 16.6 Å². The van der Waals surface area contributed by atoms with Crippen molar-refractivity contribution in [3.8, 4) is 0 Å². The maximum Gasteiger partial charge on any atom is 0.240 e. The van der Waals surface area contributed by atoms with E-state index in [0.717, 1.165) is 17.8 Å². The zero-order valence-electron chi connectivity index (χ0n) is 12.2. The number of nitrogens with one attached hydrogen (secondary N) is 1. The van der Waals surface area contributed by atoms with E-state index in [-0.39, 0.29) is 11.9 Å². The number of carbonyl (C=O) groups is 1. The average Bonchev–Trinajstić information content (AvgIpc) is 3.06. The van der Waals surface area contributed by atoms with Gasteiger partial charge >= 0.3 is 0 Å². The fourth-order valence-electron chi connectivity index (χ4n) is 3.98. The zero-order chi connectivity index (χ0) is 14.1. The summed E-state index contributed by atoms with van der Waals surface area (Å²) in [5, 5.41) is 6.27. The van der Waals surface area contributed by atoms with Gasteiger partial charge in [0.25, 0.3) is 0 Å². The van der Waals surface area contributed by atoms with Crippen LogP contribution in [0, 0.1) is 11.8 Å². The molecule has 2 fully saturated rings. The molecule has 1 saturated heterocycles. The Bertz CT molecular complexity index is 462. The molecule has 0 aromatic carbocycles. The molecule has 4 atom stereocenters. The Balaban J connectivity index is 1.87. The van der Waals surface area contributed by atoms with Crippen LogP contribution in [-0.4, -0.2) is 34.9 Å². The number of likely N-dealkylation sites (N-methyl/N-ethyl adjacent to an activating group) is 1. The third-order valence-electron chi connectivity index (χ3n) is 4.91. The number of likely N-dealkylation sites (tertiary alicyclic amines) is 1. The van der Waals surface area contributed by atoms with Gasteiger partial charge in [0.15, 0.2) is 0 Å². The molecule has 0 spiro atoms. The highest BCUT2D eigenvalue weighted by atomic mass is 32.1. The van der Waals surface area contributed by atoms with Crippen molar-refractivity contribution in [1.82, 2.24) is 15.2 Å². The number of carbonyl (C=O) groups excluding carboxylic acids is 1. The van der Waals surface area contributed by atoms with E-state index in [1.807, 2.05) is 18.6 Å². The lowest BCUT2D eigenvalue weighted by molar-refractivity contribution is -0.136. The average molecular weight is 293 g/mol. The van der Waals surface area contributed by atoms with Crippen molar-refractivity contribution in [2.75, 3.05) is 7.05 Å². The standard InChI is InChI=1S/C15H23N3OS/c1-10-8-11-4-3-5-12(11)18(15(19)14(10)16-2)9-13-17-6-7-20-13/h6-7,10-12,14,16H,3-5,8-9H2,1-2H3. The molecular formula is C15H23N3OS. The van der Waals surface area contributed by atoms with Gasteiger partial charge in [-0.15, -0.1) is 11.3 Å². The highest BCUT2D eigenvalue weighted by Gasteiger charge is 2.43. The van der Waals surface area contributed by atoms with Crippen LogP contribution >= 0.6 is 11.3 Å². The number of rotatable bonds is 3. The van der Waals surface area contributed by atoms with Crippen molar-refractivity contribution < 1.29 is 4.79 Å². The first kappa shape index (κ1) is 14.0. The van der Waals surface area contributed by atoms with Crippen molar-refractivity contribution in [3.63, 3.8) is 0 Å². The van der Waals surface area contributed by atoms with Gasteiger partial charge in [0.1, 0.15) is 5.01 Å².